The molecule has 2 amide bonds. The molecule has 4 rings (SSSR count). The number of amides is 2. The molecule has 3 heterocycles. The third-order valence-electron chi connectivity index (χ3n) is 7.85. The van der Waals surface area contributed by atoms with Crippen LogP contribution >= 0.6 is 11.3 Å². The molecule has 4 unspecified atom stereocenters. The normalized spacial score (nSPS) is 26.8. The van der Waals surface area contributed by atoms with Gasteiger partial charge in [-0.25, -0.2) is 9.59 Å². The minimum atomic E-state index is -1.08. The maximum Gasteiger partial charge on any atom is 0.407 e. The molecule has 1 aromatic rings. The average molecular weight is 575 g/mol. The Labute approximate surface area is 240 Å². The molecule has 2 aliphatic heterocycles. The molecule has 10 heteroatoms. The lowest BCUT2D eigenvalue weighted by molar-refractivity contribution is -0.124. The van der Waals surface area contributed by atoms with Crippen LogP contribution in [0.3, 0.4) is 0 Å². The Hall–Kier alpha value is -2.61. The van der Waals surface area contributed by atoms with E-state index in [1.165, 1.54) is 0 Å². The number of carboxylic acid groups (broad SMARTS) is 1. The van der Waals surface area contributed by atoms with Gasteiger partial charge in [-0.05, 0) is 78.2 Å². The first-order chi connectivity index (χ1) is 18.9. The highest BCUT2D eigenvalue weighted by molar-refractivity contribution is 7.15. The second-order valence-corrected chi connectivity index (χ2v) is 13.4. The van der Waals surface area contributed by atoms with Crippen LogP contribution in [0.1, 0.15) is 87.7 Å². The van der Waals surface area contributed by atoms with Crippen molar-refractivity contribution in [2.75, 3.05) is 24.7 Å². The lowest BCUT2D eigenvalue weighted by Crippen LogP contribution is -2.45. The van der Waals surface area contributed by atoms with Gasteiger partial charge in [-0.15, -0.1) is 11.3 Å². The molecular formula is C30H42N2O7S. The topological polar surface area (TPSA) is 114 Å². The Morgan fingerprint density at radius 1 is 1.20 bits per heavy atom. The Morgan fingerprint density at radius 2 is 1.93 bits per heavy atom. The van der Waals surface area contributed by atoms with E-state index in [1.54, 1.807) is 11.0 Å². The summed E-state index contributed by atoms with van der Waals surface area (Å²) < 4.78 is 16.6. The molecule has 0 bridgehead atoms. The number of carbonyl (C=O) groups is 3. The van der Waals surface area contributed by atoms with Crippen molar-refractivity contribution >= 4 is 35.0 Å². The van der Waals surface area contributed by atoms with Crippen molar-refractivity contribution in [3.63, 3.8) is 0 Å². The summed E-state index contributed by atoms with van der Waals surface area (Å²) >= 11 is 1.09. The summed E-state index contributed by atoms with van der Waals surface area (Å²) in [5.74, 6) is 5.59. The zero-order valence-corrected chi connectivity index (χ0v) is 25.0. The van der Waals surface area contributed by atoms with Crippen LogP contribution in [-0.2, 0) is 19.0 Å². The van der Waals surface area contributed by atoms with Gasteiger partial charge in [-0.2, -0.15) is 0 Å². The van der Waals surface area contributed by atoms with Crippen LogP contribution in [-0.4, -0.2) is 61.3 Å². The fraction of sp³-hybridized carbons (Fsp3) is 0.700. The first kappa shape index (κ1) is 30.4. The number of ether oxygens (including phenoxy) is 3. The molecule has 220 valence electrons. The first-order valence-corrected chi connectivity index (χ1v) is 15.2. The predicted octanol–water partition coefficient (Wildman–Crippen LogP) is 5.27. The fourth-order valence-corrected chi connectivity index (χ4v) is 6.38. The third kappa shape index (κ3) is 7.56. The van der Waals surface area contributed by atoms with Gasteiger partial charge in [0.15, 0.2) is 6.29 Å². The highest BCUT2D eigenvalue weighted by Crippen LogP contribution is 2.37. The van der Waals surface area contributed by atoms with E-state index in [1.807, 2.05) is 27.7 Å². The molecule has 1 aliphatic carbocycles. The summed E-state index contributed by atoms with van der Waals surface area (Å²) in [6.45, 7) is 11.3. The zero-order valence-electron chi connectivity index (χ0n) is 24.2. The molecule has 0 aromatic carbocycles. The third-order valence-corrected chi connectivity index (χ3v) is 8.87. The lowest BCUT2D eigenvalue weighted by Gasteiger charge is -2.35. The number of fused-ring (bicyclic) bond motifs is 1. The van der Waals surface area contributed by atoms with Gasteiger partial charge >= 0.3 is 12.1 Å². The van der Waals surface area contributed by atoms with Gasteiger partial charge in [0, 0.05) is 23.9 Å². The standard InChI is InChI=1S/C30H42N2O7S/c1-18-6-8-20(9-7-18)26(33)32(23-16-21(10-13-30(3,4)5)40-25(23)27(34)35)19(2)11-14-31-29(36)39-24-17-38-28-22(24)12-15-37-28/h16,18-20,22,24,28H,6-9,11-12,14-15,17H2,1-5H3,(H,31,36)(H,34,35)/t18-,19?,20-,22?,24?,28?. The van der Waals surface area contributed by atoms with Crippen LogP contribution < -0.4 is 10.2 Å². The average Bonchev–Trinajstić information content (AvgIpc) is 3.60. The highest BCUT2D eigenvalue weighted by Gasteiger charge is 2.44. The van der Waals surface area contributed by atoms with Crippen LogP contribution in [0.4, 0.5) is 10.5 Å². The van der Waals surface area contributed by atoms with E-state index in [-0.39, 0.29) is 53.0 Å². The van der Waals surface area contributed by atoms with Crippen molar-refractivity contribution in [3.8, 4) is 11.8 Å². The second kappa shape index (κ2) is 12.9. The molecule has 1 saturated carbocycles. The van der Waals surface area contributed by atoms with E-state index in [0.717, 1.165) is 43.4 Å². The van der Waals surface area contributed by atoms with Crippen molar-refractivity contribution in [1.29, 1.82) is 0 Å². The summed E-state index contributed by atoms with van der Waals surface area (Å²) in [4.78, 5) is 41.1. The van der Waals surface area contributed by atoms with Crippen LogP contribution in [0.15, 0.2) is 6.07 Å². The molecule has 9 nitrogen and oxygen atoms in total. The number of hydrogen-bond donors (Lipinski definition) is 2. The number of aromatic carboxylic acids is 1. The fourth-order valence-electron chi connectivity index (χ4n) is 5.54. The van der Waals surface area contributed by atoms with E-state index in [2.05, 4.69) is 24.1 Å². The SMILES string of the molecule is CC(CCNC(=O)OC1COC2OCCC12)N(c1cc(C#CC(C)(C)C)sc1C(=O)O)C(=O)[C@H]1CC[C@H](C)CC1. The zero-order chi connectivity index (χ0) is 29.0. The number of carbonyl (C=O) groups excluding carboxylic acids is 2. The monoisotopic (exact) mass is 574 g/mol. The number of rotatable bonds is 8. The lowest BCUT2D eigenvalue weighted by atomic mass is 9.82. The summed E-state index contributed by atoms with van der Waals surface area (Å²) in [5, 5.41) is 12.8. The van der Waals surface area contributed by atoms with E-state index in [4.69, 9.17) is 14.2 Å². The summed E-state index contributed by atoms with van der Waals surface area (Å²) in [6.07, 6.45) is 3.57. The minimum Gasteiger partial charge on any atom is -0.477 e. The van der Waals surface area contributed by atoms with Gasteiger partial charge < -0.3 is 29.5 Å². The molecule has 3 fully saturated rings. The smallest absolute Gasteiger partial charge is 0.407 e. The van der Waals surface area contributed by atoms with Gasteiger partial charge in [0.25, 0.3) is 0 Å². The molecule has 3 aliphatic rings. The molecule has 0 radical (unpaired) electrons. The molecule has 0 spiro atoms. The van der Waals surface area contributed by atoms with Gasteiger partial charge in [-0.1, -0.05) is 18.8 Å². The number of nitrogens with one attached hydrogen (secondary N) is 1. The van der Waals surface area contributed by atoms with E-state index < -0.39 is 12.1 Å². The van der Waals surface area contributed by atoms with Crippen molar-refractivity contribution in [1.82, 2.24) is 5.32 Å². The summed E-state index contributed by atoms with van der Waals surface area (Å²) in [7, 11) is 0. The maximum atomic E-state index is 13.9. The highest BCUT2D eigenvalue weighted by atomic mass is 32.1. The minimum absolute atomic E-state index is 0.0552. The quantitative estimate of drug-likeness (QED) is 0.407. The van der Waals surface area contributed by atoms with Crippen molar-refractivity contribution in [2.24, 2.45) is 23.2 Å². The maximum absolute atomic E-state index is 13.9. The van der Waals surface area contributed by atoms with Crippen LogP contribution in [0.2, 0.25) is 0 Å². The van der Waals surface area contributed by atoms with Crippen molar-refractivity contribution in [3.05, 3.63) is 15.8 Å². The summed E-state index contributed by atoms with van der Waals surface area (Å²) in [5.41, 5.74) is 0.135. The van der Waals surface area contributed by atoms with Crippen LogP contribution in [0, 0.1) is 35.0 Å². The van der Waals surface area contributed by atoms with Gasteiger partial charge in [-0.3, -0.25) is 4.79 Å². The molecule has 2 N–H and O–H groups in total. The van der Waals surface area contributed by atoms with Gasteiger partial charge in [0.2, 0.25) is 5.91 Å². The van der Waals surface area contributed by atoms with Gasteiger partial charge in [0.1, 0.15) is 11.0 Å². The molecule has 40 heavy (non-hydrogen) atoms. The molecular weight excluding hydrogens is 532 g/mol. The van der Waals surface area contributed by atoms with Crippen LogP contribution in [0.25, 0.3) is 0 Å². The number of carboxylic acids is 1. The second-order valence-electron chi connectivity index (χ2n) is 12.3. The number of anilines is 1. The molecule has 2 saturated heterocycles. The first-order valence-electron chi connectivity index (χ1n) is 14.3. The van der Waals surface area contributed by atoms with E-state index in [0.29, 0.717) is 36.1 Å². The van der Waals surface area contributed by atoms with Crippen molar-refractivity contribution < 1.29 is 33.7 Å². The van der Waals surface area contributed by atoms with Crippen LogP contribution in [0.5, 0.6) is 0 Å². The van der Waals surface area contributed by atoms with E-state index in [9.17, 15) is 19.5 Å². The van der Waals surface area contributed by atoms with Gasteiger partial charge in [0.05, 0.1) is 29.7 Å². The number of nitrogens with zero attached hydrogens (tertiary/aromatic N) is 1. The summed E-state index contributed by atoms with van der Waals surface area (Å²) in [6, 6.07) is 1.37. The Morgan fingerprint density at radius 3 is 2.60 bits per heavy atom. The Bertz CT molecular complexity index is 1140. The number of alkyl carbamates (subject to hydrolysis) is 1. The number of hydrogen-bond acceptors (Lipinski definition) is 7. The van der Waals surface area contributed by atoms with E-state index >= 15 is 0 Å². The molecule has 1 aromatic heterocycles. The Kier molecular flexibility index (Phi) is 9.80. The Balaban J connectivity index is 1.48. The predicted molar refractivity (Wildman–Crippen MR) is 152 cm³/mol. The molecule has 4 atom stereocenters. The van der Waals surface area contributed by atoms with Crippen molar-refractivity contribution in [2.45, 2.75) is 91.6 Å². The number of thiophene rings is 1. The largest absolute Gasteiger partial charge is 0.477 e.